The minimum atomic E-state index is -0.745. The second-order valence-corrected chi connectivity index (χ2v) is 13.9. The molecule has 3 fully saturated rings. The number of rotatable bonds is 18. The van der Waals surface area contributed by atoms with Gasteiger partial charge in [-0.1, -0.05) is 68.5 Å². The van der Waals surface area contributed by atoms with Crippen LogP contribution >= 0.6 is 0 Å². The number of fused-ring (bicyclic) bond motifs is 4. The molecular weight excluding hydrogens is 646 g/mol. The van der Waals surface area contributed by atoms with Crippen molar-refractivity contribution in [3.63, 3.8) is 0 Å². The summed E-state index contributed by atoms with van der Waals surface area (Å²) in [6, 6.07) is 17.7. The Hall–Kier alpha value is -4.45. The smallest absolute Gasteiger partial charge is 0.408 e. The molecule has 11 nitrogen and oxygen atoms in total. The van der Waals surface area contributed by atoms with Gasteiger partial charge < -0.3 is 35.3 Å². The number of H-pyrrole nitrogens is 1. The third kappa shape index (κ3) is 10.1. The van der Waals surface area contributed by atoms with Gasteiger partial charge in [0.2, 0.25) is 5.56 Å². The first kappa shape index (κ1) is 36.3. The molecule has 4 aromatic rings. The van der Waals surface area contributed by atoms with Crippen LogP contribution in [0.3, 0.4) is 0 Å². The molecule has 2 bridgehead atoms. The van der Waals surface area contributed by atoms with Crippen LogP contribution in [-0.2, 0) is 4.74 Å². The molecule has 0 saturated carbocycles. The molecule has 3 aliphatic rings. The van der Waals surface area contributed by atoms with Crippen LogP contribution in [0.15, 0.2) is 77.9 Å². The Labute approximate surface area is 299 Å². The Morgan fingerprint density at radius 2 is 1.71 bits per heavy atom. The Morgan fingerprint density at radius 3 is 2.47 bits per heavy atom. The molecule has 1 amide bonds. The summed E-state index contributed by atoms with van der Waals surface area (Å²) < 4.78 is 12.0. The molecule has 3 saturated heterocycles. The quantitative estimate of drug-likeness (QED) is 0.0793. The zero-order valence-electron chi connectivity index (χ0n) is 29.3. The summed E-state index contributed by atoms with van der Waals surface area (Å²) in [6.45, 7) is 4.82. The van der Waals surface area contributed by atoms with E-state index in [1.807, 2.05) is 36.4 Å². The first-order valence-corrected chi connectivity index (χ1v) is 18.5. The number of aliphatic hydroxyl groups excluding tert-OH is 1. The van der Waals surface area contributed by atoms with E-state index in [0.717, 1.165) is 95.1 Å². The summed E-state index contributed by atoms with van der Waals surface area (Å²) in [4.78, 5) is 34.2. The van der Waals surface area contributed by atoms with Crippen molar-refractivity contribution < 1.29 is 24.5 Å². The number of phenolic OH excluding ortho intramolecular Hbond substituents is 1. The first-order chi connectivity index (χ1) is 24.9. The third-order valence-electron chi connectivity index (χ3n) is 10.2. The van der Waals surface area contributed by atoms with Gasteiger partial charge in [0.25, 0.3) is 0 Å². The fourth-order valence-corrected chi connectivity index (χ4v) is 7.33. The van der Waals surface area contributed by atoms with Crippen LogP contribution in [0.2, 0.25) is 0 Å². The van der Waals surface area contributed by atoms with Gasteiger partial charge in [0.1, 0.15) is 17.6 Å². The van der Waals surface area contributed by atoms with Gasteiger partial charge in [-0.05, 0) is 80.6 Å². The van der Waals surface area contributed by atoms with Gasteiger partial charge >= 0.3 is 6.09 Å². The molecule has 1 unspecified atom stereocenters. The molecule has 5 heterocycles. The number of amides is 1. The van der Waals surface area contributed by atoms with E-state index in [9.17, 15) is 19.8 Å². The van der Waals surface area contributed by atoms with Crippen LogP contribution in [-0.4, -0.2) is 76.6 Å². The number of carbonyl (C=O) groups is 1. The number of ether oxygens (including phenoxy) is 2. The van der Waals surface area contributed by atoms with Crippen LogP contribution < -0.4 is 20.9 Å². The molecule has 2 aromatic carbocycles. The number of aliphatic hydroxyl groups is 1. The van der Waals surface area contributed by atoms with Crippen molar-refractivity contribution in [3.05, 3.63) is 100 Å². The highest BCUT2D eigenvalue weighted by Crippen LogP contribution is 2.31. The van der Waals surface area contributed by atoms with Crippen molar-refractivity contribution in [2.24, 2.45) is 5.92 Å². The molecule has 3 aliphatic heterocycles. The normalized spacial score (nSPS) is 19.4. The van der Waals surface area contributed by atoms with Crippen LogP contribution in [0, 0.1) is 5.92 Å². The lowest BCUT2D eigenvalue weighted by molar-refractivity contribution is -0.0336. The van der Waals surface area contributed by atoms with Gasteiger partial charge in [0, 0.05) is 36.3 Å². The maximum absolute atomic E-state index is 13.1. The maximum atomic E-state index is 13.1. The summed E-state index contributed by atoms with van der Waals surface area (Å²) in [5, 5.41) is 27.8. The minimum Gasteiger partial charge on any atom is -0.506 e. The molecule has 0 spiro atoms. The standard InChI is InChI=1S/C40H51N5O6/c46-34-15-13-32(33-14-16-37(48)43-39(33)34)35(47)26-41-19-9-4-2-1-3-5-10-22-50-31-23-30(24-42-25-31)38(29-11-7-6-8-12-29)44-40(49)51-36-27-45-20-17-28(36)18-21-45/h6-8,11-16,23-25,28,35-36,38,41,46-47H,1-5,9-10,17-22,26-27H2,(H,43,48)(H,44,49)/t35-,36+,38?/m1/s1. The summed E-state index contributed by atoms with van der Waals surface area (Å²) in [5.74, 6) is 1.12. The number of piperidine rings is 3. The van der Waals surface area contributed by atoms with Crippen LogP contribution in [0.4, 0.5) is 4.79 Å². The Bertz CT molecular complexity index is 1760. The Morgan fingerprint density at radius 1 is 0.941 bits per heavy atom. The number of alkyl carbamates (subject to hydrolysis) is 1. The van der Waals surface area contributed by atoms with Gasteiger partial charge in [-0.15, -0.1) is 0 Å². The van der Waals surface area contributed by atoms with Crippen molar-refractivity contribution in [2.75, 3.05) is 39.3 Å². The topological polar surface area (TPSA) is 149 Å². The van der Waals surface area contributed by atoms with E-state index in [0.29, 0.717) is 41.3 Å². The van der Waals surface area contributed by atoms with Crippen molar-refractivity contribution >= 4 is 17.0 Å². The van der Waals surface area contributed by atoms with E-state index < -0.39 is 18.2 Å². The zero-order valence-corrected chi connectivity index (χ0v) is 29.3. The van der Waals surface area contributed by atoms with E-state index in [4.69, 9.17) is 9.47 Å². The number of aromatic hydroxyl groups is 1. The number of unbranched alkanes of at least 4 members (excludes halogenated alkanes) is 6. The van der Waals surface area contributed by atoms with E-state index in [1.54, 1.807) is 24.5 Å². The number of nitrogens with one attached hydrogen (secondary N) is 3. The minimum absolute atomic E-state index is 0.0114. The molecule has 2 aromatic heterocycles. The summed E-state index contributed by atoms with van der Waals surface area (Å²) in [6.07, 6.45) is 12.1. The SMILES string of the molecule is O=C(NC(c1ccccc1)c1cncc(OCCCCCCCCCNC[C@@H](O)c2ccc(O)c3[nH]c(=O)ccc23)c1)O[C@H]1CN2CCC1CC2. The fourth-order valence-electron chi connectivity index (χ4n) is 7.33. The first-order valence-electron chi connectivity index (χ1n) is 18.5. The molecular formula is C40H51N5O6. The number of aromatic amines is 1. The lowest BCUT2D eigenvalue weighted by Crippen LogP contribution is -2.52. The van der Waals surface area contributed by atoms with Crippen molar-refractivity contribution in [2.45, 2.75) is 76.0 Å². The van der Waals surface area contributed by atoms with Crippen molar-refractivity contribution in [1.82, 2.24) is 25.5 Å². The Balaban J connectivity index is 0.860. The van der Waals surface area contributed by atoms with E-state index >= 15 is 0 Å². The van der Waals surface area contributed by atoms with Crippen molar-refractivity contribution in [1.29, 1.82) is 0 Å². The number of phenols is 1. The summed E-state index contributed by atoms with van der Waals surface area (Å²) in [7, 11) is 0. The van der Waals surface area contributed by atoms with Crippen LogP contribution in [0.1, 0.15) is 86.6 Å². The van der Waals surface area contributed by atoms with Gasteiger partial charge in [0.05, 0.1) is 30.5 Å². The number of carbonyl (C=O) groups excluding carboxylic acids is 1. The highest BCUT2D eigenvalue weighted by Gasteiger charge is 2.37. The number of hydrogen-bond donors (Lipinski definition) is 5. The van der Waals surface area contributed by atoms with Crippen LogP contribution in [0.5, 0.6) is 11.5 Å². The number of hydrogen-bond acceptors (Lipinski definition) is 9. The number of benzene rings is 2. The molecule has 0 aliphatic carbocycles. The van der Waals surface area contributed by atoms with Gasteiger partial charge in [0.15, 0.2) is 0 Å². The Kier molecular flexibility index (Phi) is 12.9. The number of aromatic nitrogens is 2. The monoisotopic (exact) mass is 697 g/mol. The summed E-state index contributed by atoms with van der Waals surface area (Å²) >= 11 is 0. The highest BCUT2D eigenvalue weighted by atomic mass is 16.6. The fraction of sp³-hybridized carbons (Fsp3) is 0.475. The average molecular weight is 698 g/mol. The van der Waals surface area contributed by atoms with Gasteiger partial charge in [-0.2, -0.15) is 0 Å². The zero-order chi connectivity index (χ0) is 35.4. The molecule has 51 heavy (non-hydrogen) atoms. The maximum Gasteiger partial charge on any atom is 0.408 e. The molecule has 0 radical (unpaired) electrons. The van der Waals surface area contributed by atoms with Crippen LogP contribution in [0.25, 0.3) is 10.9 Å². The molecule has 11 heteroatoms. The van der Waals surface area contributed by atoms with E-state index in [2.05, 4.69) is 25.5 Å². The third-order valence-corrected chi connectivity index (χ3v) is 10.2. The lowest BCUT2D eigenvalue weighted by Gasteiger charge is -2.43. The molecule has 5 N–H and O–H groups in total. The highest BCUT2D eigenvalue weighted by molar-refractivity contribution is 5.87. The number of nitrogens with zero attached hydrogens (tertiary/aromatic N) is 2. The average Bonchev–Trinajstić information content (AvgIpc) is 3.15. The second kappa shape index (κ2) is 18.2. The predicted octanol–water partition coefficient (Wildman–Crippen LogP) is 5.97. The summed E-state index contributed by atoms with van der Waals surface area (Å²) in [5.41, 5.74) is 2.52. The molecule has 7 rings (SSSR count). The largest absolute Gasteiger partial charge is 0.506 e. The number of pyridine rings is 2. The second-order valence-electron chi connectivity index (χ2n) is 13.9. The molecule has 272 valence electrons. The molecule has 3 atom stereocenters. The van der Waals surface area contributed by atoms with E-state index in [1.165, 1.54) is 12.1 Å². The van der Waals surface area contributed by atoms with Gasteiger partial charge in [-0.25, -0.2) is 4.79 Å². The lowest BCUT2D eigenvalue weighted by atomic mass is 9.86. The van der Waals surface area contributed by atoms with Gasteiger partial charge in [-0.3, -0.25) is 14.7 Å². The van der Waals surface area contributed by atoms with E-state index in [-0.39, 0.29) is 17.4 Å². The van der Waals surface area contributed by atoms with Crippen molar-refractivity contribution in [3.8, 4) is 11.5 Å². The predicted molar refractivity (Wildman–Crippen MR) is 197 cm³/mol.